The second-order valence-electron chi connectivity index (χ2n) is 5.45. The van der Waals surface area contributed by atoms with Crippen LogP contribution in [0.3, 0.4) is 0 Å². The van der Waals surface area contributed by atoms with Crippen LogP contribution >= 0.6 is 15.9 Å². The van der Waals surface area contributed by atoms with Crippen molar-refractivity contribution < 1.29 is 9.59 Å². The predicted octanol–water partition coefficient (Wildman–Crippen LogP) is 1.73. The van der Waals surface area contributed by atoms with E-state index < -0.39 is 0 Å². The number of carbonyl (C=O) groups is 2. The number of aryl methyl sites for hydroxylation is 1. The molecule has 6 heteroatoms. The Morgan fingerprint density at radius 3 is 2.35 bits per heavy atom. The quantitative estimate of drug-likeness (QED) is 0.822. The molecule has 1 aliphatic heterocycles. The van der Waals surface area contributed by atoms with Crippen molar-refractivity contribution >= 4 is 27.7 Å². The molecular weight excluding hydrogens is 322 g/mol. The summed E-state index contributed by atoms with van der Waals surface area (Å²) in [6.07, 6.45) is 3.36. The number of hydrogen-bond donors (Lipinski definition) is 0. The highest BCUT2D eigenvalue weighted by Gasteiger charge is 2.29. The minimum absolute atomic E-state index is 0.0361. The smallest absolute Gasteiger partial charge is 0.270 e. The van der Waals surface area contributed by atoms with Gasteiger partial charge in [0.25, 0.3) is 5.91 Å². The van der Waals surface area contributed by atoms with Crippen LogP contribution in [0.2, 0.25) is 0 Å². The third kappa shape index (κ3) is 3.06. The Hall–Kier alpha value is -1.30. The van der Waals surface area contributed by atoms with Crippen LogP contribution in [0.4, 0.5) is 0 Å². The van der Waals surface area contributed by atoms with Crippen LogP contribution in [0, 0.1) is 5.92 Å². The normalized spacial score (nSPS) is 16.3. The van der Waals surface area contributed by atoms with E-state index in [0.717, 1.165) is 17.3 Å². The zero-order valence-corrected chi connectivity index (χ0v) is 13.7. The number of halogens is 1. The second kappa shape index (κ2) is 5.99. The van der Waals surface area contributed by atoms with E-state index in [9.17, 15) is 9.59 Å². The van der Waals surface area contributed by atoms with Crippen molar-refractivity contribution in [2.75, 3.05) is 27.2 Å². The average molecular weight is 342 g/mol. The third-order valence-corrected chi connectivity index (χ3v) is 4.20. The fourth-order valence-electron chi connectivity index (χ4n) is 2.59. The van der Waals surface area contributed by atoms with E-state index in [0.29, 0.717) is 18.8 Å². The van der Waals surface area contributed by atoms with Crippen LogP contribution in [0.25, 0.3) is 0 Å². The van der Waals surface area contributed by atoms with Gasteiger partial charge in [-0.3, -0.25) is 9.59 Å². The fourth-order valence-corrected chi connectivity index (χ4v) is 3.12. The van der Waals surface area contributed by atoms with Crippen molar-refractivity contribution in [3.63, 3.8) is 0 Å². The molecule has 0 aliphatic carbocycles. The van der Waals surface area contributed by atoms with E-state index in [4.69, 9.17) is 0 Å². The van der Waals surface area contributed by atoms with Crippen LogP contribution in [-0.4, -0.2) is 53.4 Å². The van der Waals surface area contributed by atoms with E-state index in [1.54, 1.807) is 19.0 Å². The van der Waals surface area contributed by atoms with Gasteiger partial charge in [-0.05, 0) is 34.8 Å². The number of amides is 2. The lowest BCUT2D eigenvalue weighted by molar-refractivity contribution is -0.134. The molecule has 0 saturated carbocycles. The SMILES string of the molecule is CN(C)C(=O)C1CCN(C(=O)c2cc(Br)cn2C)CC1. The first-order valence-electron chi connectivity index (χ1n) is 6.72. The first-order chi connectivity index (χ1) is 9.40. The maximum atomic E-state index is 12.4. The van der Waals surface area contributed by atoms with Crippen molar-refractivity contribution in [2.24, 2.45) is 13.0 Å². The van der Waals surface area contributed by atoms with Gasteiger partial charge in [0.1, 0.15) is 5.69 Å². The molecule has 1 aromatic heterocycles. The summed E-state index contributed by atoms with van der Waals surface area (Å²) in [6, 6.07) is 1.83. The van der Waals surface area contributed by atoms with Gasteiger partial charge in [-0.1, -0.05) is 0 Å². The van der Waals surface area contributed by atoms with Crippen molar-refractivity contribution in [1.29, 1.82) is 0 Å². The van der Waals surface area contributed by atoms with E-state index in [-0.39, 0.29) is 17.7 Å². The van der Waals surface area contributed by atoms with Gasteiger partial charge in [-0.2, -0.15) is 0 Å². The zero-order valence-electron chi connectivity index (χ0n) is 12.1. The van der Waals surface area contributed by atoms with E-state index in [2.05, 4.69) is 15.9 Å². The van der Waals surface area contributed by atoms with Crippen molar-refractivity contribution in [3.05, 3.63) is 22.4 Å². The Labute approximate surface area is 127 Å². The molecule has 0 spiro atoms. The third-order valence-electron chi connectivity index (χ3n) is 3.76. The summed E-state index contributed by atoms with van der Waals surface area (Å²) in [6.45, 7) is 1.29. The van der Waals surface area contributed by atoms with Crippen molar-refractivity contribution in [3.8, 4) is 0 Å². The highest BCUT2D eigenvalue weighted by molar-refractivity contribution is 9.10. The maximum Gasteiger partial charge on any atom is 0.270 e. The van der Waals surface area contributed by atoms with Gasteiger partial charge in [0.2, 0.25) is 5.91 Å². The van der Waals surface area contributed by atoms with Crippen LogP contribution in [0.5, 0.6) is 0 Å². The molecular formula is C14H20BrN3O2. The highest BCUT2D eigenvalue weighted by Crippen LogP contribution is 2.22. The second-order valence-corrected chi connectivity index (χ2v) is 6.37. The van der Waals surface area contributed by atoms with Crippen LogP contribution < -0.4 is 0 Å². The highest BCUT2D eigenvalue weighted by atomic mass is 79.9. The number of aromatic nitrogens is 1. The minimum atomic E-state index is 0.0361. The van der Waals surface area contributed by atoms with E-state index >= 15 is 0 Å². The summed E-state index contributed by atoms with van der Waals surface area (Å²) in [5.74, 6) is 0.252. The summed E-state index contributed by atoms with van der Waals surface area (Å²) < 4.78 is 2.73. The molecule has 110 valence electrons. The molecule has 5 nitrogen and oxygen atoms in total. The number of piperidine rings is 1. The molecule has 0 aromatic carbocycles. The summed E-state index contributed by atoms with van der Waals surface area (Å²) in [5, 5.41) is 0. The Kier molecular flexibility index (Phi) is 4.52. The zero-order chi connectivity index (χ0) is 14.9. The molecule has 1 fully saturated rings. The summed E-state index contributed by atoms with van der Waals surface area (Å²) >= 11 is 3.38. The summed E-state index contributed by atoms with van der Waals surface area (Å²) in [7, 11) is 5.42. The summed E-state index contributed by atoms with van der Waals surface area (Å²) in [5.41, 5.74) is 0.675. The Balaban J connectivity index is 1.99. The Morgan fingerprint density at radius 1 is 1.30 bits per heavy atom. The first-order valence-corrected chi connectivity index (χ1v) is 7.51. The van der Waals surface area contributed by atoms with Gasteiger partial charge in [-0.15, -0.1) is 0 Å². The average Bonchev–Trinajstić information content (AvgIpc) is 2.76. The Morgan fingerprint density at radius 2 is 1.90 bits per heavy atom. The molecule has 0 bridgehead atoms. The van der Waals surface area contributed by atoms with Gasteiger partial charge in [-0.25, -0.2) is 0 Å². The van der Waals surface area contributed by atoms with Gasteiger partial charge >= 0.3 is 0 Å². The first kappa shape index (κ1) is 15.1. The lowest BCUT2D eigenvalue weighted by Crippen LogP contribution is -2.43. The van der Waals surface area contributed by atoms with Gasteiger partial charge in [0.05, 0.1) is 0 Å². The van der Waals surface area contributed by atoms with Gasteiger partial charge in [0, 0.05) is 50.8 Å². The predicted molar refractivity (Wildman–Crippen MR) is 80.4 cm³/mol. The molecule has 2 rings (SSSR count). The number of hydrogen-bond acceptors (Lipinski definition) is 2. The van der Waals surface area contributed by atoms with Crippen molar-refractivity contribution in [1.82, 2.24) is 14.4 Å². The minimum Gasteiger partial charge on any atom is -0.349 e. The van der Waals surface area contributed by atoms with Crippen molar-refractivity contribution in [2.45, 2.75) is 12.8 Å². The molecule has 1 saturated heterocycles. The number of likely N-dealkylation sites (tertiary alicyclic amines) is 1. The lowest BCUT2D eigenvalue weighted by Gasteiger charge is -2.32. The molecule has 1 aromatic rings. The van der Waals surface area contributed by atoms with Crippen LogP contribution in [-0.2, 0) is 11.8 Å². The number of nitrogens with zero attached hydrogens (tertiary/aromatic N) is 3. The number of carbonyl (C=O) groups excluding carboxylic acids is 2. The molecule has 0 radical (unpaired) electrons. The molecule has 0 atom stereocenters. The maximum absolute atomic E-state index is 12.4. The molecule has 1 aliphatic rings. The van der Waals surface area contributed by atoms with E-state index in [1.807, 2.05) is 28.8 Å². The largest absolute Gasteiger partial charge is 0.349 e. The van der Waals surface area contributed by atoms with Gasteiger partial charge < -0.3 is 14.4 Å². The standard InChI is InChI=1S/C14H20BrN3O2/c1-16(2)13(19)10-4-6-18(7-5-10)14(20)12-8-11(15)9-17(12)3/h8-10H,4-7H2,1-3H3. The van der Waals surface area contributed by atoms with Crippen LogP contribution in [0.1, 0.15) is 23.3 Å². The number of rotatable bonds is 2. The molecule has 2 heterocycles. The Bertz CT molecular complexity index is 516. The monoisotopic (exact) mass is 341 g/mol. The van der Waals surface area contributed by atoms with Gasteiger partial charge in [0.15, 0.2) is 0 Å². The van der Waals surface area contributed by atoms with Crippen LogP contribution in [0.15, 0.2) is 16.7 Å². The topological polar surface area (TPSA) is 45.6 Å². The molecule has 0 N–H and O–H groups in total. The molecule has 20 heavy (non-hydrogen) atoms. The van der Waals surface area contributed by atoms with E-state index in [1.165, 1.54) is 0 Å². The fraction of sp³-hybridized carbons (Fsp3) is 0.571. The lowest BCUT2D eigenvalue weighted by atomic mass is 9.95. The summed E-state index contributed by atoms with van der Waals surface area (Å²) in [4.78, 5) is 27.8. The molecule has 0 unspecified atom stereocenters. The molecule has 2 amide bonds.